The van der Waals surface area contributed by atoms with E-state index in [9.17, 15) is 19.3 Å². The molecule has 25 heavy (non-hydrogen) atoms. The summed E-state index contributed by atoms with van der Waals surface area (Å²) in [6.45, 7) is 1.70. The first-order valence-corrected chi connectivity index (χ1v) is 8.81. The third-order valence-electron chi connectivity index (χ3n) is 3.38. The summed E-state index contributed by atoms with van der Waals surface area (Å²) in [5, 5.41) is 13.6. The third-order valence-corrected chi connectivity index (χ3v) is 5.33. The van der Waals surface area contributed by atoms with Gasteiger partial charge in [-0.25, -0.2) is 9.37 Å². The highest BCUT2D eigenvalue weighted by Crippen LogP contribution is 2.26. The summed E-state index contributed by atoms with van der Waals surface area (Å²) in [6.07, 6.45) is 2.13. The molecule has 2 heterocycles. The van der Waals surface area contributed by atoms with Crippen LogP contribution in [0.1, 0.15) is 25.7 Å². The summed E-state index contributed by atoms with van der Waals surface area (Å²) < 4.78 is 13.6. The van der Waals surface area contributed by atoms with E-state index in [1.807, 2.05) is 6.07 Å². The second-order valence-corrected chi connectivity index (χ2v) is 7.42. The van der Waals surface area contributed by atoms with Crippen LogP contribution in [0.15, 0.2) is 36.5 Å². The van der Waals surface area contributed by atoms with Crippen molar-refractivity contribution in [2.45, 2.75) is 13.3 Å². The number of carbonyl (C=O) groups is 1. The Morgan fingerprint density at radius 1 is 1.32 bits per heavy atom. The zero-order valence-electron chi connectivity index (χ0n) is 13.0. The molecule has 1 N–H and O–H groups in total. The molecule has 0 aliphatic carbocycles. The van der Waals surface area contributed by atoms with E-state index in [1.165, 1.54) is 29.5 Å². The summed E-state index contributed by atoms with van der Waals surface area (Å²) in [7, 11) is 0. The first kappa shape index (κ1) is 17.2. The minimum atomic E-state index is -0.538. The number of aromatic nitrogens is 1. The zero-order valence-corrected chi connectivity index (χ0v) is 14.6. The van der Waals surface area contributed by atoms with Crippen LogP contribution in [0.5, 0.6) is 0 Å². The van der Waals surface area contributed by atoms with Crippen LogP contribution in [0.3, 0.4) is 0 Å². The van der Waals surface area contributed by atoms with E-state index in [0.29, 0.717) is 17.1 Å². The van der Waals surface area contributed by atoms with Crippen LogP contribution in [0.25, 0.3) is 0 Å². The fourth-order valence-corrected chi connectivity index (χ4v) is 3.66. The van der Waals surface area contributed by atoms with Gasteiger partial charge in [0.05, 0.1) is 9.80 Å². The van der Waals surface area contributed by atoms with Crippen LogP contribution in [-0.4, -0.2) is 15.8 Å². The number of thiophene rings is 1. The number of anilines is 1. The molecule has 6 nitrogen and oxygen atoms in total. The molecule has 0 aliphatic rings. The van der Waals surface area contributed by atoms with Crippen LogP contribution in [-0.2, 0) is 6.42 Å². The summed E-state index contributed by atoms with van der Waals surface area (Å²) in [6, 6.07) is 7.75. The van der Waals surface area contributed by atoms with Crippen LogP contribution >= 0.6 is 22.7 Å². The predicted octanol–water partition coefficient (Wildman–Crippen LogP) is 4.40. The smallest absolute Gasteiger partial charge is 0.297 e. The number of amides is 1. The molecule has 0 radical (unpaired) electrons. The van der Waals surface area contributed by atoms with Crippen molar-refractivity contribution in [2.24, 2.45) is 0 Å². The Morgan fingerprint density at radius 3 is 2.80 bits per heavy atom. The van der Waals surface area contributed by atoms with E-state index in [1.54, 1.807) is 19.2 Å². The standard InChI is InChI=1S/C16H12FN3O3S2/c1-9-2-3-10(7-12(9)17)6-11-8-18-16(24-11)19-15(21)13-4-5-14(25-13)20(22)23/h2-5,7-8H,6H2,1H3,(H,18,19,21). The van der Waals surface area contributed by atoms with Crippen LogP contribution in [0.4, 0.5) is 14.5 Å². The minimum absolute atomic E-state index is 0.0913. The van der Waals surface area contributed by atoms with Gasteiger partial charge in [0, 0.05) is 23.6 Å². The molecule has 0 spiro atoms. The zero-order chi connectivity index (χ0) is 18.0. The molecule has 2 aromatic heterocycles. The Labute approximate surface area is 150 Å². The lowest BCUT2D eigenvalue weighted by atomic mass is 10.1. The molecule has 0 saturated heterocycles. The number of hydrogen-bond acceptors (Lipinski definition) is 6. The number of thiazole rings is 1. The van der Waals surface area contributed by atoms with Gasteiger partial charge in [-0.1, -0.05) is 23.5 Å². The van der Waals surface area contributed by atoms with E-state index in [4.69, 9.17) is 0 Å². The van der Waals surface area contributed by atoms with Gasteiger partial charge in [-0.3, -0.25) is 20.2 Å². The van der Waals surface area contributed by atoms with E-state index in [2.05, 4.69) is 10.3 Å². The molecule has 0 unspecified atom stereocenters. The number of nitrogens with one attached hydrogen (secondary N) is 1. The molecule has 1 amide bonds. The second kappa shape index (κ2) is 7.08. The minimum Gasteiger partial charge on any atom is -0.297 e. The van der Waals surface area contributed by atoms with E-state index >= 15 is 0 Å². The Bertz CT molecular complexity index is 952. The van der Waals surface area contributed by atoms with E-state index < -0.39 is 10.8 Å². The summed E-state index contributed by atoms with van der Waals surface area (Å²) in [5.41, 5.74) is 1.41. The number of rotatable bonds is 5. The molecule has 0 saturated carbocycles. The van der Waals surface area contributed by atoms with Crippen molar-refractivity contribution in [1.29, 1.82) is 0 Å². The van der Waals surface area contributed by atoms with Gasteiger partial charge in [0.25, 0.3) is 5.91 Å². The second-order valence-electron chi connectivity index (χ2n) is 5.24. The molecule has 3 rings (SSSR count). The molecular formula is C16H12FN3O3S2. The molecule has 9 heteroatoms. The average Bonchev–Trinajstić information content (AvgIpc) is 3.20. The molecular weight excluding hydrogens is 365 g/mol. The maximum absolute atomic E-state index is 13.6. The lowest BCUT2D eigenvalue weighted by Crippen LogP contribution is -2.09. The molecule has 0 aliphatic heterocycles. The summed E-state index contributed by atoms with van der Waals surface area (Å²) in [5.74, 6) is -0.699. The highest BCUT2D eigenvalue weighted by molar-refractivity contribution is 7.17. The fourth-order valence-electron chi connectivity index (χ4n) is 2.10. The van der Waals surface area contributed by atoms with Gasteiger partial charge >= 0.3 is 5.00 Å². The van der Waals surface area contributed by atoms with Gasteiger partial charge in [0.1, 0.15) is 5.82 Å². The Morgan fingerprint density at radius 2 is 2.12 bits per heavy atom. The van der Waals surface area contributed by atoms with Gasteiger partial charge < -0.3 is 0 Å². The van der Waals surface area contributed by atoms with Crippen molar-refractivity contribution in [3.63, 3.8) is 0 Å². The van der Waals surface area contributed by atoms with Crippen molar-refractivity contribution in [1.82, 2.24) is 4.98 Å². The predicted molar refractivity (Wildman–Crippen MR) is 95.0 cm³/mol. The monoisotopic (exact) mass is 377 g/mol. The maximum atomic E-state index is 13.6. The summed E-state index contributed by atoms with van der Waals surface area (Å²) in [4.78, 5) is 27.5. The number of nitrogens with zero attached hydrogens (tertiary/aromatic N) is 2. The van der Waals surface area contributed by atoms with Gasteiger partial charge in [-0.2, -0.15) is 0 Å². The van der Waals surface area contributed by atoms with Crippen LogP contribution < -0.4 is 5.32 Å². The molecule has 128 valence electrons. The Kier molecular flexibility index (Phi) is 4.86. The number of aryl methyl sites for hydroxylation is 1. The normalized spacial score (nSPS) is 10.6. The number of halogens is 1. The van der Waals surface area contributed by atoms with Crippen molar-refractivity contribution >= 4 is 38.7 Å². The van der Waals surface area contributed by atoms with Gasteiger partial charge in [-0.15, -0.1) is 11.3 Å². The first-order valence-electron chi connectivity index (χ1n) is 7.17. The van der Waals surface area contributed by atoms with E-state index in [-0.39, 0.29) is 15.7 Å². The number of benzene rings is 1. The summed E-state index contributed by atoms with van der Waals surface area (Å²) >= 11 is 2.08. The van der Waals surface area contributed by atoms with Crippen molar-refractivity contribution < 1.29 is 14.1 Å². The van der Waals surface area contributed by atoms with Crippen molar-refractivity contribution in [3.8, 4) is 0 Å². The molecule has 0 fully saturated rings. The van der Waals surface area contributed by atoms with Gasteiger partial charge in [-0.05, 0) is 30.2 Å². The lowest BCUT2D eigenvalue weighted by Gasteiger charge is -2.01. The van der Waals surface area contributed by atoms with Crippen molar-refractivity contribution in [2.75, 3.05) is 5.32 Å². The first-order chi connectivity index (χ1) is 11.9. The SMILES string of the molecule is Cc1ccc(Cc2cnc(NC(=O)c3ccc([N+](=O)[O-])s3)s2)cc1F. The highest BCUT2D eigenvalue weighted by atomic mass is 32.1. The number of carbonyl (C=O) groups excluding carboxylic acids is 1. The topological polar surface area (TPSA) is 85.1 Å². The largest absolute Gasteiger partial charge is 0.324 e. The number of hydrogen-bond donors (Lipinski definition) is 1. The van der Waals surface area contributed by atoms with Crippen LogP contribution in [0, 0.1) is 22.9 Å². The van der Waals surface area contributed by atoms with Crippen LogP contribution in [0.2, 0.25) is 0 Å². The number of nitro groups is 1. The fraction of sp³-hybridized carbons (Fsp3) is 0.125. The van der Waals surface area contributed by atoms with Gasteiger partial charge in [0.2, 0.25) is 0 Å². The van der Waals surface area contributed by atoms with Crippen molar-refractivity contribution in [3.05, 3.63) is 73.3 Å². The quantitative estimate of drug-likeness (QED) is 0.527. The molecule has 0 atom stereocenters. The molecule has 0 bridgehead atoms. The molecule has 3 aromatic rings. The average molecular weight is 377 g/mol. The Hall–Kier alpha value is -2.65. The molecule has 1 aromatic carbocycles. The highest BCUT2D eigenvalue weighted by Gasteiger charge is 2.16. The van der Waals surface area contributed by atoms with E-state index in [0.717, 1.165) is 21.8 Å². The third kappa shape index (κ3) is 4.06. The van der Waals surface area contributed by atoms with Gasteiger partial charge in [0.15, 0.2) is 5.13 Å². The lowest BCUT2D eigenvalue weighted by molar-refractivity contribution is -0.380. The maximum Gasteiger partial charge on any atom is 0.324 e. The Balaban J connectivity index is 1.67.